The summed E-state index contributed by atoms with van der Waals surface area (Å²) in [4.78, 5) is 4.20. The quantitative estimate of drug-likeness (QED) is 0.853. The maximum atomic E-state index is 5.47. The summed E-state index contributed by atoms with van der Waals surface area (Å²) in [5.41, 5.74) is 7.02. The van der Waals surface area contributed by atoms with Crippen LogP contribution in [0.4, 0.5) is 0 Å². The van der Waals surface area contributed by atoms with Crippen molar-refractivity contribution >= 4 is 0 Å². The normalized spacial score (nSPS) is 10.6. The molecule has 2 aromatic rings. The van der Waals surface area contributed by atoms with Gasteiger partial charge in [-0.05, 0) is 17.7 Å². The summed E-state index contributed by atoms with van der Waals surface area (Å²) in [5.74, 6) is 1.90. The van der Waals surface area contributed by atoms with E-state index >= 15 is 0 Å². The molecule has 1 aromatic carbocycles. The summed E-state index contributed by atoms with van der Waals surface area (Å²) in [5, 5.41) is 3.89. The Kier molecular flexibility index (Phi) is 4.54. The fraction of sp³-hybridized carbons (Fsp3) is 0.385. The smallest absolute Gasteiger partial charge is 0.240 e. The van der Waals surface area contributed by atoms with Gasteiger partial charge in [0.1, 0.15) is 17.1 Å². The van der Waals surface area contributed by atoms with Crippen molar-refractivity contribution in [2.24, 2.45) is 5.73 Å². The topological polar surface area (TPSA) is 92.6 Å². The summed E-state index contributed by atoms with van der Waals surface area (Å²) < 4.78 is 20.9. The molecule has 0 spiro atoms. The second-order valence-electron chi connectivity index (χ2n) is 4.02. The van der Waals surface area contributed by atoms with Crippen LogP contribution in [0.15, 0.2) is 16.7 Å². The van der Waals surface area contributed by atoms with Crippen LogP contribution in [0.3, 0.4) is 0 Å². The molecular formula is C13H17N3O4. The maximum absolute atomic E-state index is 5.47. The summed E-state index contributed by atoms with van der Waals surface area (Å²) in [6.45, 7) is 0.632. The molecule has 0 aliphatic rings. The van der Waals surface area contributed by atoms with Crippen LogP contribution in [0.5, 0.6) is 11.5 Å². The molecule has 0 bridgehead atoms. The zero-order chi connectivity index (χ0) is 14.5. The van der Waals surface area contributed by atoms with E-state index in [1.807, 2.05) is 12.1 Å². The van der Waals surface area contributed by atoms with Gasteiger partial charge < -0.3 is 24.5 Å². The molecule has 0 unspecified atom stereocenters. The second-order valence-corrected chi connectivity index (χ2v) is 4.02. The number of nitrogens with zero attached hydrogens (tertiary/aromatic N) is 2. The highest BCUT2D eigenvalue weighted by Crippen LogP contribution is 2.38. The third kappa shape index (κ3) is 2.73. The molecule has 0 fully saturated rings. The van der Waals surface area contributed by atoms with Crippen molar-refractivity contribution in [1.82, 2.24) is 10.1 Å². The van der Waals surface area contributed by atoms with E-state index in [0.717, 1.165) is 5.56 Å². The number of hydrogen-bond acceptors (Lipinski definition) is 7. The van der Waals surface area contributed by atoms with Crippen LogP contribution >= 0.6 is 0 Å². The van der Waals surface area contributed by atoms with Crippen LogP contribution in [0.25, 0.3) is 11.4 Å². The molecule has 20 heavy (non-hydrogen) atoms. The Bertz CT molecular complexity index is 558. The van der Waals surface area contributed by atoms with Crippen molar-refractivity contribution in [2.75, 3.05) is 21.3 Å². The fourth-order valence-corrected chi connectivity index (χ4v) is 1.88. The standard InChI is InChI=1S/C13H17N3O4/c1-17-7-8-4-9(18-2)12(10(5-8)19-3)13-15-11(6-14)20-16-13/h4-5H,6-7,14H2,1-3H3. The van der Waals surface area contributed by atoms with Crippen LogP contribution in [-0.4, -0.2) is 31.5 Å². The maximum Gasteiger partial charge on any atom is 0.240 e. The first-order valence-electron chi connectivity index (χ1n) is 6.00. The average Bonchev–Trinajstić information content (AvgIpc) is 2.95. The SMILES string of the molecule is COCc1cc(OC)c(-c2noc(CN)n2)c(OC)c1. The molecule has 0 saturated heterocycles. The van der Waals surface area contributed by atoms with Crippen molar-refractivity contribution in [3.05, 3.63) is 23.6 Å². The molecule has 1 aromatic heterocycles. The van der Waals surface area contributed by atoms with Crippen molar-refractivity contribution in [3.8, 4) is 22.9 Å². The van der Waals surface area contributed by atoms with Crippen LogP contribution in [0, 0.1) is 0 Å². The third-order valence-corrected chi connectivity index (χ3v) is 2.74. The van der Waals surface area contributed by atoms with Crippen LogP contribution in [0.1, 0.15) is 11.5 Å². The molecule has 0 amide bonds. The number of nitrogens with two attached hydrogens (primary N) is 1. The highest BCUT2D eigenvalue weighted by atomic mass is 16.5. The van der Waals surface area contributed by atoms with Gasteiger partial charge in [0.05, 0.1) is 27.4 Å². The van der Waals surface area contributed by atoms with Crippen molar-refractivity contribution < 1.29 is 18.7 Å². The van der Waals surface area contributed by atoms with Gasteiger partial charge in [0.15, 0.2) is 0 Å². The van der Waals surface area contributed by atoms with Crippen LogP contribution < -0.4 is 15.2 Å². The first-order valence-corrected chi connectivity index (χ1v) is 6.00. The lowest BCUT2D eigenvalue weighted by molar-refractivity contribution is 0.184. The van der Waals surface area contributed by atoms with Gasteiger partial charge in [0.25, 0.3) is 0 Å². The van der Waals surface area contributed by atoms with Gasteiger partial charge in [-0.2, -0.15) is 4.98 Å². The van der Waals surface area contributed by atoms with Crippen molar-refractivity contribution in [3.63, 3.8) is 0 Å². The summed E-state index contributed by atoms with van der Waals surface area (Å²) >= 11 is 0. The van der Waals surface area contributed by atoms with Gasteiger partial charge in [0, 0.05) is 7.11 Å². The number of benzene rings is 1. The lowest BCUT2D eigenvalue weighted by atomic mass is 10.1. The Morgan fingerprint density at radius 3 is 2.25 bits per heavy atom. The molecule has 7 heteroatoms. The second kappa shape index (κ2) is 6.36. The zero-order valence-electron chi connectivity index (χ0n) is 11.7. The minimum Gasteiger partial charge on any atom is -0.496 e. The molecule has 0 aliphatic heterocycles. The molecule has 0 atom stereocenters. The van der Waals surface area contributed by atoms with E-state index in [2.05, 4.69) is 10.1 Å². The highest BCUT2D eigenvalue weighted by Gasteiger charge is 2.19. The van der Waals surface area contributed by atoms with E-state index in [0.29, 0.717) is 35.4 Å². The number of rotatable bonds is 6. The molecule has 108 valence electrons. The van der Waals surface area contributed by atoms with Gasteiger partial charge in [0.2, 0.25) is 11.7 Å². The average molecular weight is 279 g/mol. The molecule has 0 saturated carbocycles. The molecule has 7 nitrogen and oxygen atoms in total. The molecule has 0 aliphatic carbocycles. The third-order valence-electron chi connectivity index (χ3n) is 2.74. The number of hydrogen-bond donors (Lipinski definition) is 1. The van der Waals surface area contributed by atoms with Gasteiger partial charge in [-0.3, -0.25) is 0 Å². The van der Waals surface area contributed by atoms with Gasteiger partial charge >= 0.3 is 0 Å². The predicted octanol–water partition coefficient (Wildman–Crippen LogP) is 1.36. The van der Waals surface area contributed by atoms with Crippen LogP contribution in [0.2, 0.25) is 0 Å². The Balaban J connectivity index is 2.54. The van der Waals surface area contributed by atoms with Gasteiger partial charge in [-0.25, -0.2) is 0 Å². The molecule has 1 heterocycles. The van der Waals surface area contributed by atoms with E-state index < -0.39 is 0 Å². The molecular weight excluding hydrogens is 262 g/mol. The minimum atomic E-state index is 0.180. The zero-order valence-corrected chi connectivity index (χ0v) is 11.7. The van der Waals surface area contributed by atoms with E-state index in [9.17, 15) is 0 Å². The van der Waals surface area contributed by atoms with Crippen molar-refractivity contribution in [2.45, 2.75) is 13.2 Å². The summed E-state index contributed by atoms with van der Waals surface area (Å²) in [6.07, 6.45) is 0. The van der Waals surface area contributed by atoms with E-state index in [1.54, 1.807) is 21.3 Å². The molecule has 2 rings (SSSR count). The lowest BCUT2D eigenvalue weighted by Crippen LogP contribution is -1.99. The number of aromatic nitrogens is 2. The minimum absolute atomic E-state index is 0.180. The largest absolute Gasteiger partial charge is 0.496 e. The first kappa shape index (κ1) is 14.3. The fourth-order valence-electron chi connectivity index (χ4n) is 1.88. The number of methoxy groups -OCH3 is 3. The Morgan fingerprint density at radius 2 is 1.80 bits per heavy atom. The Morgan fingerprint density at radius 1 is 1.15 bits per heavy atom. The number of ether oxygens (including phenoxy) is 3. The first-order chi connectivity index (χ1) is 9.73. The van der Waals surface area contributed by atoms with Crippen molar-refractivity contribution in [1.29, 1.82) is 0 Å². The Labute approximate surface area is 116 Å². The Hall–Kier alpha value is -2.12. The highest BCUT2D eigenvalue weighted by molar-refractivity contribution is 5.72. The van der Waals surface area contributed by atoms with Crippen LogP contribution in [-0.2, 0) is 17.9 Å². The summed E-state index contributed by atoms with van der Waals surface area (Å²) in [6, 6.07) is 3.69. The monoisotopic (exact) mass is 279 g/mol. The van der Waals surface area contributed by atoms with E-state index in [4.69, 9.17) is 24.5 Å². The van der Waals surface area contributed by atoms with Gasteiger partial charge in [-0.15, -0.1) is 0 Å². The van der Waals surface area contributed by atoms with Gasteiger partial charge in [-0.1, -0.05) is 5.16 Å². The van der Waals surface area contributed by atoms with E-state index in [1.165, 1.54) is 0 Å². The van der Waals surface area contributed by atoms with E-state index in [-0.39, 0.29) is 6.54 Å². The predicted molar refractivity (Wildman–Crippen MR) is 71.4 cm³/mol. The molecule has 2 N–H and O–H groups in total. The lowest BCUT2D eigenvalue weighted by Gasteiger charge is -2.12. The molecule has 0 radical (unpaired) electrons. The summed E-state index contributed by atoms with van der Waals surface area (Å²) in [7, 11) is 4.76.